The van der Waals surface area contributed by atoms with Crippen molar-refractivity contribution in [2.24, 2.45) is 0 Å². The summed E-state index contributed by atoms with van der Waals surface area (Å²) < 4.78 is 27.6. The first-order chi connectivity index (χ1) is 9.88. The van der Waals surface area contributed by atoms with Gasteiger partial charge in [0.25, 0.3) is 0 Å². The number of nitrogens with zero attached hydrogens (tertiary/aromatic N) is 1. The summed E-state index contributed by atoms with van der Waals surface area (Å²) in [5, 5.41) is 3.07. The lowest BCUT2D eigenvalue weighted by Crippen LogP contribution is -2.38. The summed E-state index contributed by atoms with van der Waals surface area (Å²) in [5.74, 6) is 0. The van der Waals surface area contributed by atoms with E-state index >= 15 is 0 Å². The van der Waals surface area contributed by atoms with E-state index in [-0.39, 0.29) is 6.04 Å². The van der Waals surface area contributed by atoms with Crippen molar-refractivity contribution in [3.8, 4) is 0 Å². The second kappa shape index (κ2) is 7.92. The lowest BCUT2D eigenvalue weighted by Gasteiger charge is -2.26. The lowest BCUT2D eigenvalue weighted by molar-refractivity contribution is 0.353. The van der Waals surface area contributed by atoms with Crippen molar-refractivity contribution in [3.63, 3.8) is 0 Å². The van der Waals surface area contributed by atoms with Gasteiger partial charge in [-0.3, -0.25) is 0 Å². The molecule has 0 atom stereocenters. The Morgan fingerprint density at radius 2 is 1.90 bits per heavy atom. The highest BCUT2D eigenvalue weighted by atomic mass is 32.2. The maximum absolute atomic E-state index is 13.0. The molecule has 0 aliphatic carbocycles. The Morgan fingerprint density at radius 1 is 1.24 bits per heavy atom. The van der Waals surface area contributed by atoms with Crippen LogP contribution in [0, 0.1) is 0 Å². The predicted octanol–water partition coefficient (Wildman–Crippen LogP) is 2.78. The van der Waals surface area contributed by atoms with E-state index in [1.165, 1.54) is 0 Å². The van der Waals surface area contributed by atoms with Gasteiger partial charge in [-0.05, 0) is 50.9 Å². The van der Waals surface area contributed by atoms with Crippen LogP contribution in [0.1, 0.15) is 45.2 Å². The standard InChI is InChI=1S/C16H28N2O2S/c1-6-10-18(13(3)4)21(19,20)16-11-14(12-17-5)8-9-15(16)7-2/h8-9,11,13,17H,6-7,10,12H2,1-5H3. The van der Waals surface area contributed by atoms with Gasteiger partial charge in [-0.2, -0.15) is 4.31 Å². The number of hydrogen-bond donors (Lipinski definition) is 1. The van der Waals surface area contributed by atoms with E-state index in [9.17, 15) is 8.42 Å². The molecule has 0 amide bonds. The molecule has 0 saturated carbocycles. The van der Waals surface area contributed by atoms with E-state index in [1.54, 1.807) is 4.31 Å². The zero-order valence-corrected chi connectivity index (χ0v) is 14.6. The Morgan fingerprint density at radius 3 is 2.38 bits per heavy atom. The molecule has 1 aromatic carbocycles. The second-order valence-corrected chi connectivity index (χ2v) is 7.39. The molecular weight excluding hydrogens is 284 g/mol. The molecule has 120 valence electrons. The summed E-state index contributed by atoms with van der Waals surface area (Å²) in [7, 11) is -1.58. The molecule has 0 aromatic heterocycles. The van der Waals surface area contributed by atoms with Gasteiger partial charge in [-0.25, -0.2) is 8.42 Å². The normalized spacial score (nSPS) is 12.3. The molecular formula is C16H28N2O2S. The van der Waals surface area contributed by atoms with Crippen LogP contribution in [0.2, 0.25) is 0 Å². The Labute approximate surface area is 129 Å². The van der Waals surface area contributed by atoms with Crippen molar-refractivity contribution < 1.29 is 8.42 Å². The average Bonchev–Trinajstić information content (AvgIpc) is 2.44. The highest BCUT2D eigenvalue weighted by molar-refractivity contribution is 7.89. The highest BCUT2D eigenvalue weighted by Gasteiger charge is 2.28. The number of hydrogen-bond acceptors (Lipinski definition) is 3. The first kappa shape index (κ1) is 18.1. The molecule has 0 aliphatic heterocycles. The SMILES string of the molecule is CCCN(C(C)C)S(=O)(=O)c1cc(CNC)ccc1CC. The number of rotatable bonds is 8. The van der Waals surface area contributed by atoms with Crippen molar-refractivity contribution in [1.82, 2.24) is 9.62 Å². The molecule has 0 aliphatic rings. The van der Waals surface area contributed by atoms with E-state index in [0.29, 0.717) is 24.4 Å². The van der Waals surface area contributed by atoms with E-state index < -0.39 is 10.0 Å². The van der Waals surface area contributed by atoms with Crippen molar-refractivity contribution in [3.05, 3.63) is 29.3 Å². The van der Waals surface area contributed by atoms with Crippen molar-refractivity contribution in [2.45, 2.75) is 58.0 Å². The third-order valence-corrected chi connectivity index (χ3v) is 5.66. The quantitative estimate of drug-likeness (QED) is 0.803. The number of benzene rings is 1. The largest absolute Gasteiger partial charge is 0.316 e. The number of aryl methyl sites for hydroxylation is 1. The van der Waals surface area contributed by atoms with Gasteiger partial charge in [0, 0.05) is 19.1 Å². The fourth-order valence-corrected chi connectivity index (χ4v) is 4.52. The summed E-state index contributed by atoms with van der Waals surface area (Å²) in [4.78, 5) is 0.458. The maximum atomic E-state index is 13.0. The molecule has 0 saturated heterocycles. The Hall–Kier alpha value is -0.910. The molecule has 5 heteroatoms. The maximum Gasteiger partial charge on any atom is 0.243 e. The molecule has 1 rings (SSSR count). The molecule has 0 spiro atoms. The van der Waals surface area contributed by atoms with Crippen LogP contribution in [0.4, 0.5) is 0 Å². The van der Waals surface area contributed by atoms with E-state index in [2.05, 4.69) is 5.32 Å². The van der Waals surface area contributed by atoms with Crippen LogP contribution in [0.5, 0.6) is 0 Å². The van der Waals surface area contributed by atoms with Crippen LogP contribution < -0.4 is 5.32 Å². The molecule has 0 radical (unpaired) electrons. The Kier molecular flexibility index (Phi) is 6.84. The third kappa shape index (κ3) is 4.28. The van der Waals surface area contributed by atoms with Crippen LogP contribution in [0.3, 0.4) is 0 Å². The molecule has 0 fully saturated rings. The minimum absolute atomic E-state index is 0.0346. The Bertz CT molecular complexity index is 553. The zero-order chi connectivity index (χ0) is 16.0. The summed E-state index contributed by atoms with van der Waals surface area (Å²) in [6, 6.07) is 5.71. The third-order valence-electron chi connectivity index (χ3n) is 3.50. The van der Waals surface area contributed by atoms with E-state index in [1.807, 2.05) is 52.9 Å². The van der Waals surface area contributed by atoms with Gasteiger partial charge in [0.1, 0.15) is 0 Å². The average molecular weight is 312 g/mol. The topological polar surface area (TPSA) is 49.4 Å². The number of nitrogens with one attached hydrogen (secondary N) is 1. The summed E-state index contributed by atoms with van der Waals surface area (Å²) in [5.41, 5.74) is 1.88. The molecule has 1 N–H and O–H groups in total. The first-order valence-corrected chi connectivity index (χ1v) is 9.10. The molecule has 0 bridgehead atoms. The van der Waals surface area contributed by atoms with Gasteiger partial charge in [-0.1, -0.05) is 26.0 Å². The van der Waals surface area contributed by atoms with Gasteiger partial charge in [0.05, 0.1) is 4.90 Å². The summed E-state index contributed by atoms with van der Waals surface area (Å²) in [6.45, 7) is 9.07. The van der Waals surface area contributed by atoms with Crippen molar-refractivity contribution in [1.29, 1.82) is 0 Å². The minimum Gasteiger partial charge on any atom is -0.316 e. The van der Waals surface area contributed by atoms with Gasteiger partial charge >= 0.3 is 0 Å². The van der Waals surface area contributed by atoms with E-state index in [4.69, 9.17) is 0 Å². The summed E-state index contributed by atoms with van der Waals surface area (Å²) in [6.07, 6.45) is 1.53. The van der Waals surface area contributed by atoms with Gasteiger partial charge < -0.3 is 5.32 Å². The monoisotopic (exact) mass is 312 g/mol. The number of sulfonamides is 1. The molecule has 21 heavy (non-hydrogen) atoms. The smallest absolute Gasteiger partial charge is 0.243 e. The van der Waals surface area contributed by atoms with Crippen LogP contribution in [-0.2, 0) is 23.0 Å². The zero-order valence-electron chi connectivity index (χ0n) is 13.8. The highest BCUT2D eigenvalue weighted by Crippen LogP contribution is 2.24. The van der Waals surface area contributed by atoms with Crippen LogP contribution in [0.15, 0.2) is 23.1 Å². The van der Waals surface area contributed by atoms with E-state index in [0.717, 1.165) is 17.5 Å². The van der Waals surface area contributed by atoms with Crippen molar-refractivity contribution in [2.75, 3.05) is 13.6 Å². The molecule has 4 nitrogen and oxygen atoms in total. The minimum atomic E-state index is -3.44. The van der Waals surface area contributed by atoms with Crippen LogP contribution >= 0.6 is 0 Å². The molecule has 0 heterocycles. The predicted molar refractivity (Wildman–Crippen MR) is 87.9 cm³/mol. The summed E-state index contributed by atoms with van der Waals surface area (Å²) >= 11 is 0. The molecule has 1 aromatic rings. The Balaban J connectivity index is 3.36. The van der Waals surface area contributed by atoms with Gasteiger partial charge in [0.2, 0.25) is 10.0 Å². The lowest BCUT2D eigenvalue weighted by atomic mass is 10.1. The fraction of sp³-hybridized carbons (Fsp3) is 0.625. The molecule has 0 unspecified atom stereocenters. The van der Waals surface area contributed by atoms with Gasteiger partial charge in [0.15, 0.2) is 0 Å². The van der Waals surface area contributed by atoms with Crippen molar-refractivity contribution >= 4 is 10.0 Å². The fourth-order valence-electron chi connectivity index (χ4n) is 2.45. The van der Waals surface area contributed by atoms with Crippen LogP contribution in [0.25, 0.3) is 0 Å². The van der Waals surface area contributed by atoms with Crippen LogP contribution in [-0.4, -0.2) is 32.4 Å². The van der Waals surface area contributed by atoms with Gasteiger partial charge in [-0.15, -0.1) is 0 Å². The second-order valence-electron chi connectivity index (χ2n) is 5.54. The first-order valence-electron chi connectivity index (χ1n) is 7.66.